The van der Waals surface area contributed by atoms with Gasteiger partial charge in [-0.15, -0.1) is 0 Å². The van der Waals surface area contributed by atoms with E-state index in [4.69, 9.17) is 0 Å². The molecule has 10 nitrogen and oxygen atoms in total. The van der Waals surface area contributed by atoms with Crippen LogP contribution in [0.5, 0.6) is 0 Å². The Morgan fingerprint density at radius 1 is 0.941 bits per heavy atom. The van der Waals surface area contributed by atoms with Crippen molar-refractivity contribution in [1.82, 2.24) is 4.98 Å². The van der Waals surface area contributed by atoms with Crippen LogP contribution < -0.4 is 5.01 Å². The van der Waals surface area contributed by atoms with Gasteiger partial charge in [0.2, 0.25) is 5.13 Å². The second kappa shape index (κ2) is 9.16. The molecule has 1 aromatic heterocycles. The van der Waals surface area contributed by atoms with Gasteiger partial charge in [0.05, 0.1) is 37.9 Å². The lowest BCUT2D eigenvalue weighted by Crippen LogP contribution is -2.25. The number of nitro benzene ring substituents is 2. The lowest BCUT2D eigenvalue weighted by Gasteiger charge is -2.13. The van der Waals surface area contributed by atoms with E-state index >= 15 is 0 Å². The zero-order valence-corrected chi connectivity index (χ0v) is 18.9. The molecule has 0 saturated heterocycles. The Bertz CT molecular complexity index is 1430. The minimum Gasteiger partial charge on any atom is -0.267 e. The van der Waals surface area contributed by atoms with Crippen molar-refractivity contribution < 1.29 is 14.6 Å². The van der Waals surface area contributed by atoms with Crippen LogP contribution in [0.1, 0.15) is 27.0 Å². The summed E-state index contributed by atoms with van der Waals surface area (Å²) in [4.78, 5) is 38.9. The number of non-ortho nitro benzene ring substituents is 2. The summed E-state index contributed by atoms with van der Waals surface area (Å²) in [5, 5.41) is 28.1. The van der Waals surface area contributed by atoms with Crippen molar-refractivity contribution in [2.75, 3.05) is 5.01 Å². The summed E-state index contributed by atoms with van der Waals surface area (Å²) in [6, 6.07) is 15.8. The fourth-order valence-corrected chi connectivity index (χ4v) is 4.15. The molecule has 4 aromatic rings. The Morgan fingerprint density at radius 3 is 2.18 bits per heavy atom. The minimum absolute atomic E-state index is 0.225. The lowest BCUT2D eigenvalue weighted by molar-refractivity contribution is -0.394. The average Bonchev–Trinajstić information content (AvgIpc) is 3.22. The summed E-state index contributed by atoms with van der Waals surface area (Å²) in [6.07, 6.45) is 1.46. The van der Waals surface area contributed by atoms with E-state index in [2.05, 4.69) is 10.1 Å². The molecular formula is C23H17N5O5S. The highest BCUT2D eigenvalue weighted by Crippen LogP contribution is 2.32. The van der Waals surface area contributed by atoms with Crippen molar-refractivity contribution in [1.29, 1.82) is 0 Å². The predicted octanol–water partition coefficient (Wildman–Crippen LogP) is 5.41. The number of hydrogen-bond donors (Lipinski definition) is 0. The van der Waals surface area contributed by atoms with Crippen molar-refractivity contribution >= 4 is 50.2 Å². The number of rotatable bonds is 6. The highest BCUT2D eigenvalue weighted by molar-refractivity contribution is 7.22. The van der Waals surface area contributed by atoms with E-state index in [1.54, 1.807) is 0 Å². The first-order valence-electron chi connectivity index (χ1n) is 9.97. The monoisotopic (exact) mass is 475 g/mol. The van der Waals surface area contributed by atoms with Crippen molar-refractivity contribution in [2.24, 2.45) is 5.10 Å². The Morgan fingerprint density at radius 2 is 1.56 bits per heavy atom. The Hall–Kier alpha value is -4.51. The zero-order valence-electron chi connectivity index (χ0n) is 18.0. The molecule has 0 atom stereocenters. The molecule has 170 valence electrons. The lowest BCUT2D eigenvalue weighted by atomic mass is 10.1. The molecule has 0 fully saturated rings. The second-order valence-electron chi connectivity index (χ2n) is 7.49. The summed E-state index contributed by atoms with van der Waals surface area (Å²) in [7, 11) is 0. The fraction of sp³-hybridized carbons (Fsp3) is 0.0870. The Kier molecular flexibility index (Phi) is 6.11. The molecule has 0 N–H and O–H groups in total. The molecule has 11 heteroatoms. The normalized spacial score (nSPS) is 11.1. The van der Waals surface area contributed by atoms with Gasteiger partial charge in [0.1, 0.15) is 0 Å². The van der Waals surface area contributed by atoms with Crippen LogP contribution in [0.4, 0.5) is 16.5 Å². The van der Waals surface area contributed by atoms with Crippen molar-refractivity contribution in [3.05, 3.63) is 103 Å². The molecule has 0 aliphatic heterocycles. The molecule has 1 heterocycles. The highest BCUT2D eigenvalue weighted by atomic mass is 32.1. The first-order chi connectivity index (χ1) is 16.2. The third kappa shape index (κ3) is 4.79. The van der Waals surface area contributed by atoms with Gasteiger partial charge in [-0.25, -0.2) is 4.98 Å². The van der Waals surface area contributed by atoms with E-state index in [1.807, 2.05) is 56.3 Å². The van der Waals surface area contributed by atoms with Gasteiger partial charge >= 0.3 is 0 Å². The highest BCUT2D eigenvalue weighted by Gasteiger charge is 2.26. The van der Waals surface area contributed by atoms with Gasteiger partial charge in [0.25, 0.3) is 17.3 Å². The number of carbonyl (C=O) groups excluding carboxylic acids is 1. The summed E-state index contributed by atoms with van der Waals surface area (Å²) in [5.41, 5.74) is 2.04. The fourth-order valence-electron chi connectivity index (χ4n) is 3.13. The van der Waals surface area contributed by atoms with Crippen LogP contribution >= 0.6 is 11.3 Å². The van der Waals surface area contributed by atoms with Crippen molar-refractivity contribution in [3.63, 3.8) is 0 Å². The van der Waals surface area contributed by atoms with Crippen LogP contribution in [0.2, 0.25) is 0 Å². The molecule has 4 rings (SSSR count). The van der Waals surface area contributed by atoms with Gasteiger partial charge in [0.15, 0.2) is 0 Å². The van der Waals surface area contributed by atoms with Gasteiger partial charge < -0.3 is 0 Å². The van der Waals surface area contributed by atoms with Gasteiger partial charge in [-0.3, -0.25) is 25.0 Å². The van der Waals surface area contributed by atoms with Crippen molar-refractivity contribution in [2.45, 2.75) is 13.8 Å². The molecule has 0 spiro atoms. The molecule has 34 heavy (non-hydrogen) atoms. The number of fused-ring (bicyclic) bond motifs is 1. The number of nitro groups is 2. The van der Waals surface area contributed by atoms with E-state index in [0.29, 0.717) is 11.1 Å². The number of benzene rings is 3. The van der Waals surface area contributed by atoms with E-state index in [9.17, 15) is 25.0 Å². The van der Waals surface area contributed by atoms with Gasteiger partial charge in [0, 0.05) is 12.1 Å². The van der Waals surface area contributed by atoms with Crippen LogP contribution in [-0.2, 0) is 0 Å². The molecule has 0 saturated carbocycles. The first-order valence-corrected chi connectivity index (χ1v) is 10.8. The molecule has 0 unspecified atom stereocenters. The van der Waals surface area contributed by atoms with E-state index < -0.39 is 27.1 Å². The maximum absolute atomic E-state index is 13.4. The minimum atomic E-state index is -0.788. The number of anilines is 1. The van der Waals surface area contributed by atoms with E-state index in [0.717, 1.165) is 39.0 Å². The Labute approximate surface area is 197 Å². The molecule has 0 bridgehead atoms. The summed E-state index contributed by atoms with van der Waals surface area (Å²) in [6.45, 7) is 3.87. The number of amides is 1. The standard InChI is InChI=1S/C23H17N5O5S/c1-14-3-6-16(7-4-14)13-24-26(23-25-20-8-5-15(2)9-21(20)34-23)22(29)17-10-18(27(30)31)12-19(11-17)28(32)33/h3-13H,1-2H3/b24-13+. The zero-order chi connectivity index (χ0) is 24.4. The Balaban J connectivity index is 1.82. The van der Waals surface area contributed by atoms with Crippen LogP contribution in [-0.4, -0.2) is 27.0 Å². The third-order valence-corrected chi connectivity index (χ3v) is 5.87. The molecule has 3 aromatic carbocycles. The van der Waals surface area contributed by atoms with E-state index in [-0.39, 0.29) is 10.7 Å². The van der Waals surface area contributed by atoms with Gasteiger partial charge in [-0.05, 0) is 37.1 Å². The summed E-state index contributed by atoms with van der Waals surface area (Å²) < 4.78 is 0.823. The SMILES string of the molecule is Cc1ccc(/C=N/N(C(=O)c2cc([N+](=O)[O-])cc([N+](=O)[O-])c2)c2nc3ccc(C)cc3s2)cc1. The predicted molar refractivity (Wildman–Crippen MR) is 130 cm³/mol. The molecule has 1 amide bonds. The number of carbonyl (C=O) groups is 1. The first kappa shape index (κ1) is 22.7. The van der Waals surface area contributed by atoms with E-state index in [1.165, 1.54) is 17.6 Å². The summed E-state index contributed by atoms with van der Waals surface area (Å²) in [5.74, 6) is -0.786. The largest absolute Gasteiger partial charge is 0.281 e. The average molecular weight is 475 g/mol. The number of aryl methyl sites for hydroxylation is 2. The maximum Gasteiger partial charge on any atom is 0.281 e. The van der Waals surface area contributed by atoms with Crippen LogP contribution in [0.3, 0.4) is 0 Å². The quantitative estimate of drug-likeness (QED) is 0.208. The smallest absolute Gasteiger partial charge is 0.267 e. The van der Waals surface area contributed by atoms with Crippen molar-refractivity contribution in [3.8, 4) is 0 Å². The summed E-state index contributed by atoms with van der Waals surface area (Å²) >= 11 is 1.21. The molecule has 0 aliphatic carbocycles. The molecule has 0 aliphatic rings. The number of thiazole rings is 1. The number of hydrazone groups is 1. The van der Waals surface area contributed by atoms with Crippen LogP contribution in [0.25, 0.3) is 10.2 Å². The number of aromatic nitrogens is 1. The maximum atomic E-state index is 13.4. The van der Waals surface area contributed by atoms with Gasteiger partial charge in [-0.2, -0.15) is 10.1 Å². The third-order valence-electron chi connectivity index (χ3n) is 4.88. The number of hydrogen-bond acceptors (Lipinski definition) is 8. The molecular weight excluding hydrogens is 458 g/mol. The van der Waals surface area contributed by atoms with Crippen LogP contribution in [0.15, 0.2) is 65.8 Å². The topological polar surface area (TPSA) is 132 Å². The second-order valence-corrected chi connectivity index (χ2v) is 8.50. The number of nitrogens with zero attached hydrogens (tertiary/aromatic N) is 5. The molecule has 0 radical (unpaired) electrons. The van der Waals surface area contributed by atoms with Gasteiger partial charge in [-0.1, -0.05) is 47.2 Å². The van der Waals surface area contributed by atoms with Crippen LogP contribution in [0, 0.1) is 34.1 Å².